The van der Waals surface area contributed by atoms with Crippen LogP contribution in [-0.4, -0.2) is 46.9 Å². The van der Waals surface area contributed by atoms with Crippen LogP contribution in [0.4, 0.5) is 0 Å². The van der Waals surface area contributed by atoms with E-state index >= 15 is 0 Å². The summed E-state index contributed by atoms with van der Waals surface area (Å²) in [5.74, 6) is 1.12. The van der Waals surface area contributed by atoms with E-state index in [1.165, 1.54) is 0 Å². The molecule has 1 aromatic carbocycles. The van der Waals surface area contributed by atoms with E-state index in [0.717, 1.165) is 55.7 Å². The summed E-state index contributed by atoms with van der Waals surface area (Å²) in [6.45, 7) is 1.24. The summed E-state index contributed by atoms with van der Waals surface area (Å²) < 4.78 is 2.23. The van der Waals surface area contributed by atoms with Gasteiger partial charge in [-0.3, -0.25) is 9.59 Å². The van der Waals surface area contributed by atoms with Crippen molar-refractivity contribution in [1.82, 2.24) is 19.8 Å². The topological polar surface area (TPSA) is 67.2 Å². The van der Waals surface area contributed by atoms with Crippen LogP contribution in [0.5, 0.6) is 0 Å². The Morgan fingerprint density at radius 2 is 1.93 bits per heavy atom. The molecule has 0 unspecified atom stereocenters. The molecule has 6 heteroatoms. The van der Waals surface area contributed by atoms with E-state index in [9.17, 15) is 9.59 Å². The van der Waals surface area contributed by atoms with Gasteiger partial charge < -0.3 is 14.8 Å². The molecule has 1 aromatic heterocycles. The lowest BCUT2D eigenvalue weighted by atomic mass is 9.84. The molecule has 0 bridgehead atoms. The van der Waals surface area contributed by atoms with Crippen molar-refractivity contribution in [2.45, 2.75) is 45.1 Å². The smallest absolute Gasteiger partial charge is 0.230 e. The molecule has 2 heterocycles. The minimum atomic E-state index is -0.421. The van der Waals surface area contributed by atoms with Gasteiger partial charge in [0.1, 0.15) is 5.82 Å². The highest BCUT2D eigenvalue weighted by Crippen LogP contribution is 2.39. The monoisotopic (exact) mass is 394 g/mol. The summed E-state index contributed by atoms with van der Waals surface area (Å²) in [7, 11) is 3.60. The molecule has 29 heavy (non-hydrogen) atoms. The van der Waals surface area contributed by atoms with Gasteiger partial charge in [0, 0.05) is 57.0 Å². The second-order valence-corrected chi connectivity index (χ2v) is 8.69. The van der Waals surface area contributed by atoms with Crippen LogP contribution in [-0.2, 0) is 22.6 Å². The number of imidazole rings is 1. The Labute approximate surface area is 172 Å². The first-order chi connectivity index (χ1) is 14.0. The molecule has 1 saturated carbocycles. The minimum absolute atomic E-state index is 0.0595. The van der Waals surface area contributed by atoms with Gasteiger partial charge in [0.05, 0.1) is 5.41 Å². The van der Waals surface area contributed by atoms with Gasteiger partial charge in [-0.2, -0.15) is 0 Å². The van der Waals surface area contributed by atoms with E-state index in [2.05, 4.69) is 27.0 Å². The minimum Gasteiger partial charge on any atom is -0.355 e. The van der Waals surface area contributed by atoms with Crippen LogP contribution in [0.2, 0.25) is 0 Å². The van der Waals surface area contributed by atoms with E-state index < -0.39 is 5.41 Å². The molecule has 154 valence electrons. The Morgan fingerprint density at radius 3 is 2.62 bits per heavy atom. The maximum absolute atomic E-state index is 12.9. The quantitative estimate of drug-likeness (QED) is 0.848. The number of carbonyl (C=O) groups excluding carboxylic acids is 2. The van der Waals surface area contributed by atoms with Gasteiger partial charge in [-0.15, -0.1) is 0 Å². The van der Waals surface area contributed by atoms with Gasteiger partial charge in [0.25, 0.3) is 0 Å². The van der Waals surface area contributed by atoms with Gasteiger partial charge >= 0.3 is 0 Å². The number of nitrogens with zero attached hydrogens (tertiary/aromatic N) is 3. The lowest BCUT2D eigenvalue weighted by molar-refractivity contribution is -0.139. The predicted octanol–water partition coefficient (Wildman–Crippen LogP) is 2.88. The highest BCUT2D eigenvalue weighted by Gasteiger charge is 2.42. The Kier molecular flexibility index (Phi) is 5.43. The maximum Gasteiger partial charge on any atom is 0.230 e. The lowest BCUT2D eigenvalue weighted by Crippen LogP contribution is -2.48. The second-order valence-electron chi connectivity index (χ2n) is 8.69. The van der Waals surface area contributed by atoms with Crippen LogP contribution in [0.1, 0.15) is 37.8 Å². The molecule has 0 saturated heterocycles. The Hall–Kier alpha value is -2.63. The van der Waals surface area contributed by atoms with Gasteiger partial charge in [-0.25, -0.2) is 4.98 Å². The fraction of sp³-hybridized carbons (Fsp3) is 0.522. The van der Waals surface area contributed by atoms with Crippen LogP contribution < -0.4 is 5.32 Å². The zero-order chi connectivity index (χ0) is 20.4. The number of benzene rings is 1. The molecule has 0 spiro atoms. The first-order valence-electron chi connectivity index (χ1n) is 10.6. The van der Waals surface area contributed by atoms with Crippen molar-refractivity contribution in [3.63, 3.8) is 0 Å². The molecule has 1 atom stereocenters. The number of fused-ring (bicyclic) bond motifs is 1. The number of amides is 2. The van der Waals surface area contributed by atoms with Crippen LogP contribution in [0, 0.1) is 11.3 Å². The first-order valence-corrected chi connectivity index (χ1v) is 10.6. The largest absolute Gasteiger partial charge is 0.355 e. The molecule has 6 nitrogen and oxygen atoms in total. The molecule has 4 rings (SSSR count). The van der Waals surface area contributed by atoms with Gasteiger partial charge in [0.2, 0.25) is 11.8 Å². The number of hydrogen-bond donors (Lipinski definition) is 1. The lowest BCUT2D eigenvalue weighted by Gasteiger charge is -2.32. The van der Waals surface area contributed by atoms with Crippen LogP contribution in [0.15, 0.2) is 36.5 Å². The predicted molar refractivity (Wildman–Crippen MR) is 112 cm³/mol. The zero-order valence-corrected chi connectivity index (χ0v) is 17.4. The highest BCUT2D eigenvalue weighted by atomic mass is 16.2. The van der Waals surface area contributed by atoms with E-state index in [0.29, 0.717) is 13.0 Å². The molecular weight excluding hydrogens is 364 g/mol. The molecule has 1 aliphatic heterocycles. The van der Waals surface area contributed by atoms with Crippen molar-refractivity contribution in [3.05, 3.63) is 42.2 Å². The molecular formula is C23H30N4O2. The van der Waals surface area contributed by atoms with E-state index in [1.54, 1.807) is 19.0 Å². The van der Waals surface area contributed by atoms with Crippen molar-refractivity contribution < 1.29 is 9.59 Å². The summed E-state index contributed by atoms with van der Waals surface area (Å²) in [5, 5.41) is 3.12. The number of hydrogen-bond acceptors (Lipinski definition) is 3. The maximum atomic E-state index is 12.9. The normalized spacial score (nSPS) is 20.1. The Balaban J connectivity index is 1.41. The van der Waals surface area contributed by atoms with Gasteiger partial charge in [0.15, 0.2) is 0 Å². The van der Waals surface area contributed by atoms with Crippen molar-refractivity contribution in [2.75, 3.05) is 20.6 Å². The summed E-state index contributed by atoms with van der Waals surface area (Å²) in [6, 6.07) is 10.2. The van der Waals surface area contributed by atoms with Crippen LogP contribution in [0.3, 0.4) is 0 Å². The second kappa shape index (κ2) is 8.01. The van der Waals surface area contributed by atoms with Crippen molar-refractivity contribution in [1.29, 1.82) is 0 Å². The molecule has 0 radical (unpaired) electrons. The van der Waals surface area contributed by atoms with Crippen molar-refractivity contribution >= 4 is 11.8 Å². The molecule has 2 aliphatic rings. The third-order valence-electron chi connectivity index (χ3n) is 6.52. The number of nitrogens with one attached hydrogen (secondary N) is 1. The standard InChI is InChI=1S/C23H30N4O2/c1-26(2)22(29)23(11-6-7-12-23)16-25-21(28)18-10-13-27-19(14-18)15-24-20(27)17-8-4-3-5-9-17/h3-5,8-9,15,18H,6-7,10-14,16H2,1-2H3,(H,25,28)/t18-/m0/s1. The highest BCUT2D eigenvalue weighted by molar-refractivity contribution is 5.84. The van der Waals surface area contributed by atoms with Gasteiger partial charge in [-0.1, -0.05) is 43.2 Å². The van der Waals surface area contributed by atoms with Crippen molar-refractivity contribution in [2.24, 2.45) is 11.3 Å². The fourth-order valence-electron chi connectivity index (χ4n) is 4.90. The summed E-state index contributed by atoms with van der Waals surface area (Å²) in [6.07, 6.45) is 7.23. The zero-order valence-electron chi connectivity index (χ0n) is 17.4. The summed E-state index contributed by atoms with van der Waals surface area (Å²) in [5.41, 5.74) is 1.79. The van der Waals surface area contributed by atoms with Crippen molar-refractivity contribution in [3.8, 4) is 11.4 Å². The molecule has 1 fully saturated rings. The first kappa shape index (κ1) is 19.7. The fourth-order valence-corrected chi connectivity index (χ4v) is 4.90. The van der Waals surface area contributed by atoms with Crippen LogP contribution >= 0.6 is 0 Å². The average Bonchev–Trinajstić information content (AvgIpc) is 3.39. The SMILES string of the molecule is CN(C)C(=O)C1(CNC(=O)[C@H]2CCn3c(cnc3-c3ccccc3)C2)CCCC1. The summed E-state index contributed by atoms with van der Waals surface area (Å²) in [4.78, 5) is 31.9. The number of carbonyl (C=O) groups is 2. The molecule has 2 aromatic rings. The third kappa shape index (κ3) is 3.80. The van der Waals surface area contributed by atoms with E-state index in [1.807, 2.05) is 24.4 Å². The molecule has 2 amide bonds. The molecule has 1 N–H and O–H groups in total. The summed E-state index contributed by atoms with van der Waals surface area (Å²) >= 11 is 0. The molecule has 1 aliphatic carbocycles. The van der Waals surface area contributed by atoms with E-state index in [-0.39, 0.29) is 17.7 Å². The Morgan fingerprint density at radius 1 is 1.21 bits per heavy atom. The third-order valence-corrected chi connectivity index (χ3v) is 6.52. The number of rotatable bonds is 5. The number of aromatic nitrogens is 2. The van der Waals surface area contributed by atoms with Crippen LogP contribution in [0.25, 0.3) is 11.4 Å². The Bertz CT molecular complexity index is 882. The van der Waals surface area contributed by atoms with E-state index in [4.69, 9.17) is 0 Å². The van der Waals surface area contributed by atoms with Gasteiger partial charge in [-0.05, 0) is 19.3 Å². The average molecular weight is 395 g/mol.